The van der Waals surface area contributed by atoms with Gasteiger partial charge in [-0.2, -0.15) is 0 Å². The van der Waals surface area contributed by atoms with Gasteiger partial charge in [0.1, 0.15) is 0 Å². The van der Waals surface area contributed by atoms with Gasteiger partial charge in [0.05, 0.1) is 0 Å². The van der Waals surface area contributed by atoms with E-state index in [1.54, 1.807) is 0 Å². The molecule has 0 aromatic carbocycles. The van der Waals surface area contributed by atoms with E-state index in [0.29, 0.717) is 0 Å². The van der Waals surface area contributed by atoms with E-state index in [-0.39, 0.29) is 0 Å². The van der Waals surface area contributed by atoms with E-state index in [9.17, 15) is 0 Å². The molecule has 2 unspecified atom stereocenters. The van der Waals surface area contributed by atoms with Gasteiger partial charge in [-0.1, -0.05) is 39.5 Å². The summed E-state index contributed by atoms with van der Waals surface area (Å²) in [5.74, 6) is 2.09. The molecule has 0 aromatic heterocycles. The molecule has 2 saturated carbocycles. The van der Waals surface area contributed by atoms with Gasteiger partial charge < -0.3 is 0 Å². The maximum absolute atomic E-state index is 2.56. The highest BCUT2D eigenvalue weighted by Crippen LogP contribution is 2.49. The van der Waals surface area contributed by atoms with Crippen molar-refractivity contribution in [1.29, 1.82) is 0 Å². The average Bonchev–Trinajstić information content (AvgIpc) is 2.54. The minimum atomic E-state index is 0.739. The monoisotopic (exact) mass is 180 g/mol. The van der Waals surface area contributed by atoms with E-state index in [1.165, 1.54) is 51.4 Å². The third kappa shape index (κ3) is 1.92. The van der Waals surface area contributed by atoms with Crippen LogP contribution in [-0.4, -0.2) is 0 Å². The van der Waals surface area contributed by atoms with Gasteiger partial charge in [0.25, 0.3) is 0 Å². The first-order valence-corrected chi connectivity index (χ1v) is 6.21. The number of hydrogen-bond donors (Lipinski definition) is 0. The molecule has 13 heavy (non-hydrogen) atoms. The van der Waals surface area contributed by atoms with Crippen LogP contribution in [0.2, 0.25) is 0 Å². The minimum absolute atomic E-state index is 0.739. The Morgan fingerprint density at radius 1 is 1.00 bits per heavy atom. The molecule has 2 rings (SSSR count). The third-order valence-corrected chi connectivity index (χ3v) is 4.68. The van der Waals surface area contributed by atoms with E-state index in [0.717, 1.165) is 17.3 Å². The molecule has 0 aromatic rings. The molecule has 2 aliphatic carbocycles. The van der Waals surface area contributed by atoms with Gasteiger partial charge in [0.2, 0.25) is 0 Å². The van der Waals surface area contributed by atoms with Crippen molar-refractivity contribution in [1.82, 2.24) is 0 Å². The van der Waals surface area contributed by atoms with Crippen LogP contribution in [0.25, 0.3) is 0 Å². The molecular formula is C13H24. The van der Waals surface area contributed by atoms with E-state index >= 15 is 0 Å². The highest BCUT2D eigenvalue weighted by Gasteiger charge is 2.38. The van der Waals surface area contributed by atoms with Gasteiger partial charge in [-0.3, -0.25) is 0 Å². The smallest absolute Gasteiger partial charge is 0.0297 e. The molecule has 0 spiro atoms. The zero-order valence-electron chi connectivity index (χ0n) is 9.31. The summed E-state index contributed by atoms with van der Waals surface area (Å²) in [5, 5.41) is 0. The molecular weight excluding hydrogens is 156 g/mol. The van der Waals surface area contributed by atoms with Crippen LogP contribution in [0.1, 0.15) is 65.2 Å². The molecule has 2 fully saturated rings. The van der Waals surface area contributed by atoms with E-state index < -0.39 is 0 Å². The Bertz CT molecular complexity index is 165. The molecule has 0 saturated heterocycles. The topological polar surface area (TPSA) is 0 Å². The Morgan fingerprint density at radius 3 is 2.23 bits per heavy atom. The van der Waals surface area contributed by atoms with E-state index in [1.807, 2.05) is 0 Å². The third-order valence-electron chi connectivity index (χ3n) is 4.68. The van der Waals surface area contributed by atoms with Crippen LogP contribution in [0.3, 0.4) is 0 Å². The van der Waals surface area contributed by atoms with Gasteiger partial charge in [0, 0.05) is 0 Å². The molecule has 2 atom stereocenters. The highest BCUT2D eigenvalue weighted by molar-refractivity contribution is 4.89. The molecule has 0 heteroatoms. The molecule has 0 bridgehead atoms. The molecule has 0 radical (unpaired) electrons. The Labute approximate surface area is 83.1 Å². The van der Waals surface area contributed by atoms with Crippen molar-refractivity contribution in [2.24, 2.45) is 17.3 Å². The summed E-state index contributed by atoms with van der Waals surface area (Å²) in [5.41, 5.74) is 0.739. The number of rotatable bonds is 1. The molecule has 0 nitrogen and oxygen atoms in total. The zero-order valence-corrected chi connectivity index (χ0v) is 9.31. The largest absolute Gasteiger partial charge is 0.0625 e. The van der Waals surface area contributed by atoms with Crippen molar-refractivity contribution in [2.45, 2.75) is 65.2 Å². The first-order chi connectivity index (χ1) is 6.21. The predicted octanol–water partition coefficient (Wildman–Crippen LogP) is 4.39. The Balaban J connectivity index is 1.97. The summed E-state index contributed by atoms with van der Waals surface area (Å²) in [6.45, 7) is 5.00. The van der Waals surface area contributed by atoms with Gasteiger partial charge >= 0.3 is 0 Å². The van der Waals surface area contributed by atoms with Gasteiger partial charge in [-0.25, -0.2) is 0 Å². The zero-order chi connectivity index (χ0) is 9.31. The molecule has 76 valence electrons. The fourth-order valence-electron chi connectivity index (χ4n) is 3.61. The second-order valence-corrected chi connectivity index (χ2v) is 5.83. The first-order valence-electron chi connectivity index (χ1n) is 6.21. The molecule has 2 aliphatic rings. The fraction of sp³-hybridized carbons (Fsp3) is 1.00. The van der Waals surface area contributed by atoms with Gasteiger partial charge in [-0.15, -0.1) is 0 Å². The Morgan fingerprint density at radius 2 is 1.69 bits per heavy atom. The van der Waals surface area contributed by atoms with Crippen LogP contribution >= 0.6 is 0 Å². The van der Waals surface area contributed by atoms with Crippen molar-refractivity contribution in [3.63, 3.8) is 0 Å². The second kappa shape index (κ2) is 3.63. The molecule has 0 N–H and O–H groups in total. The van der Waals surface area contributed by atoms with E-state index in [2.05, 4.69) is 13.8 Å². The second-order valence-electron chi connectivity index (χ2n) is 5.83. The van der Waals surface area contributed by atoms with Crippen molar-refractivity contribution in [3.8, 4) is 0 Å². The number of hydrogen-bond acceptors (Lipinski definition) is 0. The average molecular weight is 180 g/mol. The lowest BCUT2D eigenvalue weighted by Gasteiger charge is -2.39. The molecule has 0 amide bonds. The fourth-order valence-corrected chi connectivity index (χ4v) is 3.61. The van der Waals surface area contributed by atoms with Crippen LogP contribution < -0.4 is 0 Å². The Hall–Kier alpha value is 0. The van der Waals surface area contributed by atoms with Crippen LogP contribution in [-0.2, 0) is 0 Å². The van der Waals surface area contributed by atoms with Crippen molar-refractivity contribution >= 4 is 0 Å². The molecule has 0 aliphatic heterocycles. The van der Waals surface area contributed by atoms with Crippen molar-refractivity contribution in [3.05, 3.63) is 0 Å². The lowest BCUT2D eigenvalue weighted by atomic mass is 9.66. The lowest BCUT2D eigenvalue weighted by Crippen LogP contribution is -2.28. The summed E-state index contributed by atoms with van der Waals surface area (Å²) in [7, 11) is 0. The lowest BCUT2D eigenvalue weighted by molar-refractivity contribution is 0.120. The Kier molecular flexibility index (Phi) is 2.67. The summed E-state index contributed by atoms with van der Waals surface area (Å²) in [6.07, 6.45) is 12.1. The standard InChI is InChI=1S/C13H24/c1-11-6-7-12(10-11)13(2)8-4-3-5-9-13/h11-12H,3-10H2,1-2H3. The van der Waals surface area contributed by atoms with Crippen molar-refractivity contribution in [2.75, 3.05) is 0 Å². The summed E-state index contributed by atoms with van der Waals surface area (Å²) in [6, 6.07) is 0. The minimum Gasteiger partial charge on any atom is -0.0625 e. The van der Waals surface area contributed by atoms with Crippen LogP contribution in [0.15, 0.2) is 0 Å². The highest BCUT2D eigenvalue weighted by atomic mass is 14.4. The van der Waals surface area contributed by atoms with Crippen molar-refractivity contribution < 1.29 is 0 Å². The van der Waals surface area contributed by atoms with Crippen LogP contribution in [0.5, 0.6) is 0 Å². The maximum Gasteiger partial charge on any atom is -0.0297 e. The summed E-state index contributed by atoms with van der Waals surface area (Å²) >= 11 is 0. The quantitative estimate of drug-likeness (QED) is 0.561. The van der Waals surface area contributed by atoms with Gasteiger partial charge in [0.15, 0.2) is 0 Å². The predicted molar refractivity (Wildman–Crippen MR) is 57.7 cm³/mol. The maximum atomic E-state index is 2.56. The van der Waals surface area contributed by atoms with Gasteiger partial charge in [-0.05, 0) is 42.9 Å². The summed E-state index contributed by atoms with van der Waals surface area (Å²) in [4.78, 5) is 0. The van der Waals surface area contributed by atoms with Crippen LogP contribution in [0, 0.1) is 17.3 Å². The summed E-state index contributed by atoms with van der Waals surface area (Å²) < 4.78 is 0. The normalized spacial score (nSPS) is 39.2. The molecule has 0 heterocycles. The van der Waals surface area contributed by atoms with Crippen LogP contribution in [0.4, 0.5) is 0 Å². The first kappa shape index (κ1) is 9.55. The van der Waals surface area contributed by atoms with E-state index in [4.69, 9.17) is 0 Å². The SMILES string of the molecule is CC1CCC(C2(C)CCCCC2)C1.